The maximum atomic E-state index is 14.7. The number of halogens is 3. The third-order valence-corrected chi connectivity index (χ3v) is 8.46. The molecular weight excluding hydrogens is 504 g/mol. The first-order chi connectivity index (χ1) is 16.5. The number of anilines is 2. The number of carbonyl (C=O) groups is 2. The Kier molecular flexibility index (Phi) is 6.87. The molecule has 0 bridgehead atoms. The van der Waals surface area contributed by atoms with Gasteiger partial charge < -0.3 is 9.80 Å². The molecule has 2 aliphatic rings. The van der Waals surface area contributed by atoms with E-state index in [9.17, 15) is 26.8 Å². The van der Waals surface area contributed by atoms with Crippen LogP contribution in [0.5, 0.6) is 0 Å². The Labute approximate surface area is 206 Å². The topological polar surface area (TPSA) is 94.1 Å². The number of amides is 3. The monoisotopic (exact) mass is 527 g/mol. The number of aromatic nitrogens is 1. The van der Waals surface area contributed by atoms with Gasteiger partial charge in [-0.05, 0) is 38.1 Å². The summed E-state index contributed by atoms with van der Waals surface area (Å²) in [5, 5.41) is -0.465. The van der Waals surface area contributed by atoms with Crippen LogP contribution in [-0.4, -0.2) is 78.6 Å². The van der Waals surface area contributed by atoms with Gasteiger partial charge in [-0.2, -0.15) is 0 Å². The Bertz CT molecular complexity index is 1250. The highest BCUT2D eigenvalue weighted by atomic mass is 35.5. The highest BCUT2D eigenvalue weighted by Crippen LogP contribution is 2.32. The highest BCUT2D eigenvalue weighted by molar-refractivity contribution is 7.90. The zero-order valence-electron chi connectivity index (χ0n) is 19.1. The maximum Gasteiger partial charge on any atom is 0.339 e. The minimum Gasteiger partial charge on any atom is -0.352 e. The zero-order valence-corrected chi connectivity index (χ0v) is 20.6. The van der Waals surface area contributed by atoms with E-state index in [0.29, 0.717) is 34.3 Å². The molecule has 3 heterocycles. The molecule has 2 aliphatic heterocycles. The molecule has 0 spiro atoms. The minimum absolute atomic E-state index is 0.257. The summed E-state index contributed by atoms with van der Waals surface area (Å²) in [6.07, 6.45) is 1.61. The van der Waals surface area contributed by atoms with Crippen molar-refractivity contribution >= 4 is 45.1 Å². The molecule has 2 fully saturated rings. The van der Waals surface area contributed by atoms with Gasteiger partial charge in [0, 0.05) is 38.4 Å². The van der Waals surface area contributed by atoms with Gasteiger partial charge in [0.2, 0.25) is 15.9 Å². The molecule has 4 rings (SSSR count). The third-order valence-electron chi connectivity index (χ3n) is 6.06. The van der Waals surface area contributed by atoms with Crippen LogP contribution in [0.15, 0.2) is 36.5 Å². The first-order valence-corrected chi connectivity index (χ1v) is 12.8. The summed E-state index contributed by atoms with van der Waals surface area (Å²) >= 11 is 6.22. The molecule has 9 nitrogen and oxygen atoms in total. The van der Waals surface area contributed by atoms with Crippen molar-refractivity contribution in [2.75, 3.05) is 42.5 Å². The van der Waals surface area contributed by atoms with Crippen LogP contribution in [0, 0.1) is 11.6 Å². The molecule has 188 valence electrons. The molecule has 0 saturated carbocycles. The summed E-state index contributed by atoms with van der Waals surface area (Å²) in [7, 11) is -4.09. The van der Waals surface area contributed by atoms with Crippen LogP contribution in [0.2, 0.25) is 5.02 Å². The standard InChI is InChI=1S/C22H24ClF2N5O4S/c1-14(2)35(33,34)29-13-19(30(22(29)32)18-6-5-15(24)12-17(18)25)21(31)28-10-8-27(9-11-28)20-16(23)4-3-7-26-20/h3-7,12,14,19H,8-11,13H2,1-2H3. The number of benzene rings is 1. The number of sulfonamides is 1. The molecule has 0 N–H and O–H groups in total. The lowest BCUT2D eigenvalue weighted by Gasteiger charge is -2.37. The quantitative estimate of drug-likeness (QED) is 0.593. The molecule has 2 aromatic rings. The van der Waals surface area contributed by atoms with Crippen LogP contribution >= 0.6 is 11.6 Å². The predicted octanol–water partition coefficient (Wildman–Crippen LogP) is 2.71. The van der Waals surface area contributed by atoms with Gasteiger partial charge in [0.25, 0.3) is 0 Å². The number of rotatable bonds is 5. The average Bonchev–Trinajstić information content (AvgIpc) is 3.16. The average molecular weight is 528 g/mol. The van der Waals surface area contributed by atoms with E-state index in [2.05, 4.69) is 4.98 Å². The van der Waals surface area contributed by atoms with Crippen LogP contribution in [-0.2, 0) is 14.8 Å². The summed E-state index contributed by atoms with van der Waals surface area (Å²) < 4.78 is 54.4. The lowest BCUT2D eigenvalue weighted by atomic mass is 10.1. The van der Waals surface area contributed by atoms with Crippen molar-refractivity contribution in [3.8, 4) is 0 Å². The first-order valence-electron chi connectivity index (χ1n) is 11.0. The molecule has 3 amide bonds. The van der Waals surface area contributed by atoms with E-state index in [0.717, 1.165) is 17.0 Å². The zero-order chi connectivity index (χ0) is 25.5. The second-order valence-corrected chi connectivity index (χ2v) is 11.3. The number of hydrogen-bond donors (Lipinski definition) is 0. The largest absolute Gasteiger partial charge is 0.352 e. The fourth-order valence-electron chi connectivity index (χ4n) is 4.13. The predicted molar refractivity (Wildman–Crippen MR) is 127 cm³/mol. The smallest absolute Gasteiger partial charge is 0.339 e. The van der Waals surface area contributed by atoms with Gasteiger partial charge in [0.05, 0.1) is 22.5 Å². The fourth-order valence-corrected chi connectivity index (χ4v) is 5.54. The van der Waals surface area contributed by atoms with Crippen molar-refractivity contribution in [1.82, 2.24) is 14.2 Å². The molecule has 0 aliphatic carbocycles. The number of urea groups is 1. The summed E-state index contributed by atoms with van der Waals surface area (Å²) in [5.41, 5.74) is -0.366. The van der Waals surface area contributed by atoms with Crippen molar-refractivity contribution in [3.05, 3.63) is 53.2 Å². The molecular formula is C22H24ClF2N5O4S. The number of pyridine rings is 1. The van der Waals surface area contributed by atoms with Crippen LogP contribution in [0.1, 0.15) is 13.8 Å². The van der Waals surface area contributed by atoms with Crippen molar-refractivity contribution in [2.45, 2.75) is 25.1 Å². The third kappa shape index (κ3) is 4.64. The number of piperazine rings is 1. The van der Waals surface area contributed by atoms with Crippen LogP contribution < -0.4 is 9.80 Å². The Morgan fingerprint density at radius 1 is 1.14 bits per heavy atom. The highest BCUT2D eigenvalue weighted by Gasteiger charge is 2.50. The fraction of sp³-hybridized carbons (Fsp3) is 0.409. The summed E-state index contributed by atoms with van der Waals surface area (Å²) in [6.45, 7) is 3.66. The lowest BCUT2D eigenvalue weighted by Crippen LogP contribution is -2.55. The molecule has 35 heavy (non-hydrogen) atoms. The minimum atomic E-state index is -4.09. The van der Waals surface area contributed by atoms with Gasteiger partial charge in [0.15, 0.2) is 0 Å². The van der Waals surface area contributed by atoms with Crippen LogP contribution in [0.25, 0.3) is 0 Å². The molecule has 1 aromatic heterocycles. The SMILES string of the molecule is CC(C)S(=O)(=O)N1CC(C(=O)N2CCN(c3ncccc3Cl)CC2)N(c2ccc(F)cc2F)C1=O. The summed E-state index contributed by atoms with van der Waals surface area (Å²) in [4.78, 5) is 35.2. The Morgan fingerprint density at radius 3 is 2.43 bits per heavy atom. The van der Waals surface area contributed by atoms with E-state index in [1.54, 1.807) is 18.3 Å². The van der Waals surface area contributed by atoms with Gasteiger partial charge >= 0.3 is 6.03 Å². The van der Waals surface area contributed by atoms with E-state index in [4.69, 9.17) is 11.6 Å². The summed E-state index contributed by atoms with van der Waals surface area (Å²) in [5.74, 6) is -1.89. The van der Waals surface area contributed by atoms with Crippen molar-refractivity contribution in [2.24, 2.45) is 0 Å². The Balaban J connectivity index is 1.61. The molecule has 0 radical (unpaired) electrons. The molecule has 1 unspecified atom stereocenters. The first kappa shape index (κ1) is 25.1. The number of hydrogen-bond acceptors (Lipinski definition) is 6. The van der Waals surface area contributed by atoms with Gasteiger partial charge in [-0.25, -0.2) is 31.3 Å². The van der Waals surface area contributed by atoms with Crippen molar-refractivity contribution in [3.63, 3.8) is 0 Å². The summed E-state index contributed by atoms with van der Waals surface area (Å²) in [6, 6.07) is 3.62. The van der Waals surface area contributed by atoms with Crippen molar-refractivity contribution < 1.29 is 26.8 Å². The molecule has 1 atom stereocenters. The van der Waals surface area contributed by atoms with E-state index in [1.165, 1.54) is 18.7 Å². The molecule has 1 aromatic carbocycles. The second-order valence-electron chi connectivity index (χ2n) is 8.51. The van der Waals surface area contributed by atoms with E-state index in [1.807, 2.05) is 4.90 Å². The normalized spacial score (nSPS) is 19.1. The van der Waals surface area contributed by atoms with Gasteiger partial charge in [0.1, 0.15) is 23.5 Å². The van der Waals surface area contributed by atoms with Crippen molar-refractivity contribution in [1.29, 1.82) is 0 Å². The number of carbonyl (C=O) groups excluding carboxylic acids is 2. The number of nitrogens with zero attached hydrogens (tertiary/aromatic N) is 5. The lowest BCUT2D eigenvalue weighted by molar-refractivity contribution is -0.132. The second kappa shape index (κ2) is 9.57. The Hall–Kier alpha value is -2.99. The van der Waals surface area contributed by atoms with E-state index >= 15 is 0 Å². The van der Waals surface area contributed by atoms with Gasteiger partial charge in [-0.1, -0.05) is 11.6 Å². The maximum absolute atomic E-state index is 14.7. The molecule has 2 saturated heterocycles. The van der Waals surface area contributed by atoms with E-state index in [-0.39, 0.29) is 18.8 Å². The van der Waals surface area contributed by atoms with E-state index < -0.39 is 51.4 Å². The van der Waals surface area contributed by atoms with Crippen LogP contribution in [0.4, 0.5) is 25.1 Å². The van der Waals surface area contributed by atoms with Gasteiger partial charge in [-0.15, -0.1) is 0 Å². The van der Waals surface area contributed by atoms with Crippen LogP contribution in [0.3, 0.4) is 0 Å². The Morgan fingerprint density at radius 2 is 1.83 bits per heavy atom. The van der Waals surface area contributed by atoms with Gasteiger partial charge in [-0.3, -0.25) is 9.69 Å². The molecule has 13 heteroatoms.